The number of pyridine rings is 1. The minimum absolute atomic E-state index is 0.0360. The van der Waals surface area contributed by atoms with E-state index in [-0.39, 0.29) is 29.7 Å². The molecule has 1 aliphatic heterocycles. The first-order valence-electron chi connectivity index (χ1n) is 19.1. The van der Waals surface area contributed by atoms with E-state index in [9.17, 15) is 33.3 Å². The molecule has 1 saturated heterocycles. The van der Waals surface area contributed by atoms with Gasteiger partial charge < -0.3 is 39.2 Å². The molecule has 0 aliphatic carbocycles. The molecule has 1 fully saturated rings. The van der Waals surface area contributed by atoms with Gasteiger partial charge in [0, 0.05) is 62.0 Å². The largest absolute Gasteiger partial charge is 0.493 e. The van der Waals surface area contributed by atoms with Crippen LogP contribution in [0.4, 0.5) is 0 Å². The van der Waals surface area contributed by atoms with E-state index in [2.05, 4.69) is 15.2 Å². The number of halogens is 1. The van der Waals surface area contributed by atoms with Gasteiger partial charge in [0.25, 0.3) is 0 Å². The third-order valence-corrected chi connectivity index (χ3v) is 12.1. The highest BCUT2D eigenvalue weighted by molar-refractivity contribution is 7.90. The number of aliphatic hydroxyl groups is 2. The summed E-state index contributed by atoms with van der Waals surface area (Å²) in [6.45, 7) is 7.27. The van der Waals surface area contributed by atoms with Crippen molar-refractivity contribution >= 4 is 33.4 Å². The Labute approximate surface area is 350 Å². The maximum Gasteiger partial charge on any atom is 0.337 e. The number of benzene rings is 3. The SMILES string of the molecule is COC(=O)C1(O)CCN(CCCOc2cccc(-c3cccc(COc4cc(OCc5cncc(S(C)(=O)=O)c5)c(CN[C@@](C)(CO)C(=O)O)cc4Cl)c3C)c2C)CC1. The van der Waals surface area contributed by atoms with Crippen LogP contribution in [0.15, 0.2) is 71.9 Å². The summed E-state index contributed by atoms with van der Waals surface area (Å²) >= 11 is 6.74. The van der Waals surface area contributed by atoms with Gasteiger partial charge in [-0.3, -0.25) is 15.1 Å². The number of carboxylic acids is 1. The zero-order valence-electron chi connectivity index (χ0n) is 33.9. The number of nitrogens with zero attached hydrogens (tertiary/aromatic N) is 2. The number of aliphatic carboxylic acids is 1. The number of ether oxygens (including phenoxy) is 4. The number of hydrogen-bond donors (Lipinski definition) is 4. The Bertz CT molecular complexity index is 2250. The molecule has 1 atom stereocenters. The Kier molecular flexibility index (Phi) is 15.0. The van der Waals surface area contributed by atoms with E-state index < -0.39 is 39.5 Å². The van der Waals surface area contributed by atoms with E-state index >= 15 is 0 Å². The van der Waals surface area contributed by atoms with Crippen molar-refractivity contribution < 1.29 is 52.3 Å². The first kappa shape index (κ1) is 45.3. The number of carbonyl (C=O) groups is 2. The number of hydrogen-bond acceptors (Lipinski definition) is 13. The molecule has 5 rings (SSSR count). The van der Waals surface area contributed by atoms with Crippen molar-refractivity contribution in [2.45, 2.75) is 75.8 Å². The van der Waals surface area contributed by atoms with Crippen LogP contribution < -0.4 is 19.5 Å². The Morgan fingerprint density at radius 1 is 0.932 bits per heavy atom. The average molecular weight is 854 g/mol. The third-order valence-electron chi connectivity index (χ3n) is 10.7. The molecule has 59 heavy (non-hydrogen) atoms. The molecule has 2 heterocycles. The number of nitrogens with one attached hydrogen (secondary N) is 1. The lowest BCUT2D eigenvalue weighted by molar-refractivity contribution is -0.167. The van der Waals surface area contributed by atoms with Gasteiger partial charge in [0.1, 0.15) is 36.0 Å². The molecule has 0 spiro atoms. The van der Waals surface area contributed by atoms with Crippen LogP contribution in [0, 0.1) is 13.8 Å². The van der Waals surface area contributed by atoms with Gasteiger partial charge in [0.2, 0.25) is 0 Å². The molecule has 0 radical (unpaired) electrons. The van der Waals surface area contributed by atoms with Gasteiger partial charge in [0.15, 0.2) is 15.4 Å². The summed E-state index contributed by atoms with van der Waals surface area (Å²) in [6.07, 6.45) is 5.28. The van der Waals surface area contributed by atoms with E-state index in [0.29, 0.717) is 55.2 Å². The summed E-state index contributed by atoms with van der Waals surface area (Å²) in [5.74, 6) is -0.445. The molecule has 14 nitrogen and oxygen atoms in total. The van der Waals surface area contributed by atoms with Crippen LogP contribution in [0.1, 0.15) is 54.0 Å². The molecule has 3 aromatic carbocycles. The van der Waals surface area contributed by atoms with E-state index in [1.165, 1.54) is 32.5 Å². The Morgan fingerprint density at radius 2 is 1.61 bits per heavy atom. The number of aliphatic hydroxyl groups excluding tert-OH is 1. The normalized spacial score (nSPS) is 15.3. The molecule has 318 valence electrons. The maximum atomic E-state index is 12.1. The first-order chi connectivity index (χ1) is 28.0. The fourth-order valence-corrected chi connectivity index (χ4v) is 7.57. The van der Waals surface area contributed by atoms with Crippen LogP contribution >= 0.6 is 11.6 Å². The second-order valence-electron chi connectivity index (χ2n) is 15.0. The zero-order valence-corrected chi connectivity index (χ0v) is 35.5. The van der Waals surface area contributed by atoms with Crippen LogP contribution in [-0.2, 0) is 43.9 Å². The van der Waals surface area contributed by atoms with Crippen molar-refractivity contribution in [2.75, 3.05) is 46.2 Å². The van der Waals surface area contributed by atoms with Crippen molar-refractivity contribution in [3.8, 4) is 28.4 Å². The molecule has 1 aromatic heterocycles. The number of carboxylic acid groups (broad SMARTS) is 1. The van der Waals surface area contributed by atoms with Crippen molar-refractivity contribution in [1.82, 2.24) is 15.2 Å². The van der Waals surface area contributed by atoms with E-state index in [1.54, 1.807) is 12.1 Å². The average Bonchev–Trinajstić information content (AvgIpc) is 3.21. The topological polar surface area (TPSA) is 194 Å². The predicted octanol–water partition coefficient (Wildman–Crippen LogP) is 5.27. The summed E-state index contributed by atoms with van der Waals surface area (Å²) in [6, 6.07) is 16.6. The Morgan fingerprint density at radius 3 is 2.27 bits per heavy atom. The molecule has 1 aliphatic rings. The van der Waals surface area contributed by atoms with Crippen LogP contribution in [0.5, 0.6) is 17.2 Å². The van der Waals surface area contributed by atoms with Crippen molar-refractivity contribution in [2.24, 2.45) is 0 Å². The van der Waals surface area contributed by atoms with Crippen molar-refractivity contribution in [3.05, 3.63) is 99.8 Å². The van der Waals surface area contributed by atoms with Crippen LogP contribution in [0.25, 0.3) is 11.1 Å². The molecule has 0 amide bonds. The standard InChI is InChI=1S/C43H52ClN3O11S/c1-28-31(9-6-10-34(28)35-11-7-12-37(29(35)2)56-18-8-15-47-16-13-43(52,14-17-47)41(51)55-4)26-58-39-21-38(57-25-30-19-33(24-45-22-30)59(5,53)54)32(20-36(39)44)23-46-42(3,27-48)40(49)50/h6-7,9-12,19-22,24,46,48,52H,8,13-18,23,25-27H2,1-5H3,(H,49,50)/t42-/m0/s1. The summed E-state index contributed by atoms with van der Waals surface area (Å²) in [7, 11) is -2.22. The lowest BCUT2D eigenvalue weighted by Gasteiger charge is -2.36. The number of aromatic nitrogens is 1. The van der Waals surface area contributed by atoms with Crippen LogP contribution in [-0.4, -0.2) is 103 Å². The predicted molar refractivity (Wildman–Crippen MR) is 222 cm³/mol. The summed E-state index contributed by atoms with van der Waals surface area (Å²) in [5.41, 5.74) is 2.82. The number of sulfone groups is 1. The smallest absolute Gasteiger partial charge is 0.337 e. The second-order valence-corrected chi connectivity index (χ2v) is 17.4. The third kappa shape index (κ3) is 11.3. The fraction of sp³-hybridized carbons (Fsp3) is 0.419. The van der Waals surface area contributed by atoms with Gasteiger partial charge in [-0.05, 0) is 86.1 Å². The van der Waals surface area contributed by atoms with Crippen molar-refractivity contribution in [3.63, 3.8) is 0 Å². The van der Waals surface area contributed by atoms with Gasteiger partial charge in [-0.25, -0.2) is 13.2 Å². The number of esters is 1. The van der Waals surface area contributed by atoms with Gasteiger partial charge in [-0.2, -0.15) is 0 Å². The monoisotopic (exact) mass is 853 g/mol. The molecule has 0 unspecified atom stereocenters. The van der Waals surface area contributed by atoms with Gasteiger partial charge in [0.05, 0.1) is 30.2 Å². The maximum absolute atomic E-state index is 12.1. The highest BCUT2D eigenvalue weighted by atomic mass is 35.5. The molecular weight excluding hydrogens is 802 g/mol. The quantitative estimate of drug-likeness (QED) is 0.0704. The first-order valence-corrected chi connectivity index (χ1v) is 21.4. The van der Waals surface area contributed by atoms with E-state index in [0.717, 1.165) is 52.8 Å². The lowest BCUT2D eigenvalue weighted by Crippen LogP contribution is -2.52. The summed E-state index contributed by atoms with van der Waals surface area (Å²) in [4.78, 5) is 30.1. The van der Waals surface area contributed by atoms with E-state index in [4.69, 9.17) is 30.5 Å². The molecular formula is C43H52ClN3O11S. The molecule has 0 bridgehead atoms. The second kappa shape index (κ2) is 19.5. The molecule has 16 heteroatoms. The molecule has 0 saturated carbocycles. The van der Waals surface area contributed by atoms with Gasteiger partial charge in [-0.15, -0.1) is 0 Å². The fourth-order valence-electron chi connectivity index (χ4n) is 6.72. The lowest BCUT2D eigenvalue weighted by atomic mass is 9.91. The van der Waals surface area contributed by atoms with E-state index in [1.807, 2.05) is 50.2 Å². The van der Waals surface area contributed by atoms with Gasteiger partial charge >= 0.3 is 11.9 Å². The highest BCUT2D eigenvalue weighted by Crippen LogP contribution is 2.37. The number of likely N-dealkylation sites (tertiary alicyclic amines) is 1. The Balaban J connectivity index is 1.28. The molecule has 4 N–H and O–H groups in total. The summed E-state index contributed by atoms with van der Waals surface area (Å²) in [5, 5.41) is 33.1. The minimum atomic E-state index is -3.51. The number of piperidine rings is 1. The highest BCUT2D eigenvalue weighted by Gasteiger charge is 2.40. The zero-order chi connectivity index (χ0) is 43.0. The molecule has 4 aromatic rings. The van der Waals surface area contributed by atoms with Gasteiger partial charge in [-0.1, -0.05) is 41.9 Å². The number of carbonyl (C=O) groups excluding carboxylic acids is 1. The van der Waals surface area contributed by atoms with Crippen LogP contribution in [0.2, 0.25) is 5.02 Å². The Hall–Kier alpha value is -4.77. The number of rotatable bonds is 19. The summed E-state index contributed by atoms with van der Waals surface area (Å²) < 4.78 is 47.7. The van der Waals surface area contributed by atoms with Crippen molar-refractivity contribution in [1.29, 1.82) is 0 Å². The minimum Gasteiger partial charge on any atom is -0.493 e. The van der Waals surface area contributed by atoms with Crippen LogP contribution in [0.3, 0.4) is 0 Å². The number of methoxy groups -OCH3 is 1.